The van der Waals surface area contributed by atoms with Crippen molar-refractivity contribution < 1.29 is 19.0 Å². The number of likely N-dealkylation sites (N-methyl/N-ethyl adjacent to an activating group) is 1. The van der Waals surface area contributed by atoms with Crippen molar-refractivity contribution in [3.63, 3.8) is 0 Å². The molecule has 4 heterocycles. The van der Waals surface area contributed by atoms with Crippen LogP contribution < -0.4 is 9.64 Å². The summed E-state index contributed by atoms with van der Waals surface area (Å²) in [6.45, 7) is 9.10. The third-order valence-corrected chi connectivity index (χ3v) is 10.3. The minimum atomic E-state index is -0.594. The zero-order valence-electron chi connectivity index (χ0n) is 24.9. The van der Waals surface area contributed by atoms with E-state index in [2.05, 4.69) is 35.3 Å². The van der Waals surface area contributed by atoms with Crippen molar-refractivity contribution in [3.8, 4) is 22.9 Å². The van der Waals surface area contributed by atoms with Crippen LogP contribution in [0.2, 0.25) is 5.02 Å². The molecule has 3 atom stereocenters. The third kappa shape index (κ3) is 4.64. The average Bonchev–Trinajstić information content (AvgIpc) is 3.66. The first-order chi connectivity index (χ1) is 21.2. The maximum absolute atomic E-state index is 16.8. The number of anilines is 1. The minimum Gasteiger partial charge on any atom is -0.508 e. The Kier molecular flexibility index (Phi) is 7.13. The molecule has 8 nitrogen and oxygen atoms in total. The number of likely N-dealkylation sites (tertiary alicyclic amines) is 2. The summed E-state index contributed by atoms with van der Waals surface area (Å²) in [5.74, 6) is -0.0790. The Hall–Kier alpha value is -3.95. The number of aromatic hydroxyl groups is 1. The molecule has 3 aliphatic rings. The van der Waals surface area contributed by atoms with E-state index >= 15 is 4.39 Å². The highest BCUT2D eigenvalue weighted by molar-refractivity contribution is 6.35. The lowest BCUT2D eigenvalue weighted by Gasteiger charge is -2.54. The lowest BCUT2D eigenvalue weighted by Crippen LogP contribution is -2.65. The van der Waals surface area contributed by atoms with E-state index in [-0.39, 0.29) is 51.3 Å². The second-order valence-electron chi connectivity index (χ2n) is 12.5. The number of amides is 1. The number of phenols is 1. The molecular weight excluding hydrogens is 581 g/mol. The Morgan fingerprint density at radius 2 is 2.02 bits per heavy atom. The first-order valence-corrected chi connectivity index (χ1v) is 15.5. The summed E-state index contributed by atoms with van der Waals surface area (Å²) in [6, 6.07) is 12.8. The average molecular weight is 616 g/mol. The van der Waals surface area contributed by atoms with Crippen LogP contribution in [0, 0.1) is 11.2 Å². The van der Waals surface area contributed by atoms with Crippen LogP contribution in [0.15, 0.2) is 55.1 Å². The molecule has 2 unspecified atom stereocenters. The van der Waals surface area contributed by atoms with Crippen LogP contribution in [0.5, 0.6) is 11.8 Å². The number of carbonyl (C=O) groups excluding carboxylic acids is 1. The summed E-state index contributed by atoms with van der Waals surface area (Å²) < 4.78 is 23.0. The summed E-state index contributed by atoms with van der Waals surface area (Å²) in [5, 5.41) is 12.7. The van der Waals surface area contributed by atoms with Gasteiger partial charge in [-0.15, -0.1) is 0 Å². The van der Waals surface area contributed by atoms with Gasteiger partial charge in [-0.05, 0) is 80.4 Å². The van der Waals surface area contributed by atoms with Crippen molar-refractivity contribution in [1.82, 2.24) is 19.8 Å². The molecule has 0 aliphatic carbocycles. The van der Waals surface area contributed by atoms with Gasteiger partial charge < -0.3 is 24.5 Å². The van der Waals surface area contributed by atoms with Gasteiger partial charge in [0.15, 0.2) is 5.82 Å². The summed E-state index contributed by atoms with van der Waals surface area (Å²) in [5.41, 5.74) is 0.673. The van der Waals surface area contributed by atoms with Gasteiger partial charge in [-0.25, -0.2) is 4.39 Å². The molecule has 0 radical (unpaired) electrons. The van der Waals surface area contributed by atoms with Gasteiger partial charge in [0.1, 0.15) is 23.7 Å². The number of benzene rings is 3. The fraction of sp³-hybridized carbons (Fsp3) is 0.382. The molecule has 1 amide bonds. The normalized spacial score (nSPS) is 23.5. The Morgan fingerprint density at radius 3 is 2.77 bits per heavy atom. The maximum Gasteiger partial charge on any atom is 0.319 e. The Morgan fingerprint density at radius 1 is 1.20 bits per heavy atom. The van der Waals surface area contributed by atoms with Crippen molar-refractivity contribution in [3.05, 3.63) is 66.0 Å². The van der Waals surface area contributed by atoms with Crippen molar-refractivity contribution in [1.29, 1.82) is 0 Å². The fourth-order valence-electron chi connectivity index (χ4n) is 7.33. The molecule has 1 N–H and O–H groups in total. The smallest absolute Gasteiger partial charge is 0.319 e. The first-order valence-electron chi connectivity index (χ1n) is 15.1. The van der Waals surface area contributed by atoms with Gasteiger partial charge in [0.2, 0.25) is 5.91 Å². The number of phenolic OH excluding ortho intramolecular Hbond substituents is 1. The van der Waals surface area contributed by atoms with E-state index in [0.29, 0.717) is 43.0 Å². The van der Waals surface area contributed by atoms with Crippen LogP contribution in [0.4, 0.5) is 10.2 Å². The Bertz CT molecular complexity index is 1820. The van der Waals surface area contributed by atoms with Gasteiger partial charge in [0, 0.05) is 48.1 Å². The Labute approximate surface area is 260 Å². The summed E-state index contributed by atoms with van der Waals surface area (Å²) in [4.78, 5) is 28.0. The summed E-state index contributed by atoms with van der Waals surface area (Å²) in [7, 11) is 2.07. The SMILES string of the molecule is C=CC(=O)N1CC2(CCN(c3nc(OC[C@@H]4CCCN4C)nc4c(F)c(-c5cc(O)cc6ccccc56)c(Cl)cc34)C2)C1C. The van der Waals surface area contributed by atoms with Gasteiger partial charge in [-0.3, -0.25) is 4.79 Å². The molecule has 7 rings (SSSR count). The summed E-state index contributed by atoms with van der Waals surface area (Å²) in [6.07, 6.45) is 4.34. The van der Waals surface area contributed by atoms with Gasteiger partial charge in [-0.2, -0.15) is 9.97 Å². The molecular formula is C34H35ClFN5O3. The lowest BCUT2D eigenvalue weighted by molar-refractivity contribution is -0.145. The highest BCUT2D eigenvalue weighted by Crippen LogP contribution is 2.48. The second kappa shape index (κ2) is 10.9. The van der Waals surface area contributed by atoms with Gasteiger partial charge in [0.05, 0.1) is 5.02 Å². The number of fused-ring (bicyclic) bond motifs is 2. The van der Waals surface area contributed by atoms with E-state index in [1.165, 1.54) is 12.1 Å². The number of ether oxygens (including phenoxy) is 1. The third-order valence-electron chi connectivity index (χ3n) is 10.0. The van der Waals surface area contributed by atoms with Crippen LogP contribution in [0.3, 0.4) is 0 Å². The van der Waals surface area contributed by atoms with Crippen LogP contribution >= 0.6 is 11.6 Å². The standard InChI is InChI=1S/C34H35ClFN5O3/c1-4-28(43)41-19-34(20(41)2)11-13-40(18-34)32-26-16-27(35)29(25-15-23(42)14-21-8-5-6-10-24(21)25)30(36)31(26)37-33(38-32)44-17-22-9-7-12-39(22)3/h4-6,8,10,14-16,20,22,42H,1,7,9,11-13,17-19H2,2-3H3/t20?,22-,34?/m0/s1. The van der Waals surface area contributed by atoms with Gasteiger partial charge in [0.25, 0.3) is 0 Å². The first kappa shape index (κ1) is 28.8. The number of halogens is 2. The van der Waals surface area contributed by atoms with E-state index in [0.717, 1.165) is 36.6 Å². The number of nitrogens with zero attached hydrogens (tertiary/aromatic N) is 5. The monoisotopic (exact) mass is 615 g/mol. The second-order valence-corrected chi connectivity index (χ2v) is 12.9. The molecule has 3 fully saturated rings. The largest absolute Gasteiger partial charge is 0.508 e. The van der Waals surface area contributed by atoms with Crippen molar-refractivity contribution >= 4 is 45.0 Å². The van der Waals surface area contributed by atoms with E-state index in [4.69, 9.17) is 21.3 Å². The highest BCUT2D eigenvalue weighted by Gasteiger charge is 2.55. The van der Waals surface area contributed by atoms with Crippen LogP contribution in [-0.4, -0.2) is 82.7 Å². The molecule has 1 spiro atoms. The van der Waals surface area contributed by atoms with E-state index in [1.807, 2.05) is 29.2 Å². The Balaban J connectivity index is 1.33. The van der Waals surface area contributed by atoms with E-state index in [9.17, 15) is 9.90 Å². The van der Waals surface area contributed by atoms with Gasteiger partial charge in [-0.1, -0.05) is 42.4 Å². The minimum absolute atomic E-state index is 0.0170. The van der Waals surface area contributed by atoms with E-state index < -0.39 is 5.82 Å². The maximum atomic E-state index is 16.8. The highest BCUT2D eigenvalue weighted by atomic mass is 35.5. The quantitative estimate of drug-likeness (QED) is 0.265. The molecule has 0 bridgehead atoms. The van der Waals surface area contributed by atoms with Crippen LogP contribution in [0.1, 0.15) is 26.2 Å². The van der Waals surface area contributed by atoms with E-state index in [1.54, 1.807) is 12.1 Å². The lowest BCUT2D eigenvalue weighted by atomic mass is 9.71. The molecule has 4 aromatic rings. The fourth-order valence-corrected chi connectivity index (χ4v) is 7.63. The zero-order chi connectivity index (χ0) is 30.7. The predicted molar refractivity (Wildman–Crippen MR) is 171 cm³/mol. The molecule has 0 saturated carbocycles. The number of aromatic nitrogens is 2. The summed E-state index contributed by atoms with van der Waals surface area (Å²) >= 11 is 6.88. The number of hydrogen-bond acceptors (Lipinski definition) is 7. The molecule has 228 valence electrons. The van der Waals surface area contributed by atoms with Crippen molar-refractivity contribution in [2.75, 3.05) is 44.7 Å². The molecule has 3 aliphatic heterocycles. The van der Waals surface area contributed by atoms with Crippen molar-refractivity contribution in [2.24, 2.45) is 5.41 Å². The number of hydrogen-bond donors (Lipinski definition) is 1. The van der Waals surface area contributed by atoms with Crippen molar-refractivity contribution in [2.45, 2.75) is 38.3 Å². The number of carbonyl (C=O) groups is 1. The molecule has 10 heteroatoms. The molecule has 1 aromatic heterocycles. The molecule has 3 saturated heterocycles. The van der Waals surface area contributed by atoms with Crippen LogP contribution in [0.25, 0.3) is 32.8 Å². The molecule has 44 heavy (non-hydrogen) atoms. The topological polar surface area (TPSA) is 82.0 Å². The van der Waals surface area contributed by atoms with Crippen LogP contribution in [-0.2, 0) is 4.79 Å². The number of rotatable bonds is 6. The van der Waals surface area contributed by atoms with Gasteiger partial charge >= 0.3 is 6.01 Å². The predicted octanol–water partition coefficient (Wildman–Crippen LogP) is 6.03. The molecule has 3 aromatic carbocycles. The zero-order valence-corrected chi connectivity index (χ0v) is 25.6.